The lowest BCUT2D eigenvalue weighted by molar-refractivity contribution is -0.139. The van der Waals surface area contributed by atoms with Crippen LogP contribution in [0.25, 0.3) is 0 Å². The lowest BCUT2D eigenvalue weighted by Gasteiger charge is -2.55. The molecule has 0 aromatic carbocycles. The van der Waals surface area contributed by atoms with Gasteiger partial charge in [0.25, 0.3) is 0 Å². The summed E-state index contributed by atoms with van der Waals surface area (Å²) >= 11 is 0. The topological polar surface area (TPSA) is 49.8 Å². The highest BCUT2D eigenvalue weighted by Gasteiger charge is 2.53. The quantitative estimate of drug-likeness (QED) is 0.809. The molecule has 1 N–H and O–H groups in total. The number of nitrogens with zero attached hydrogens (tertiary/aromatic N) is 1. The molecule has 0 amide bonds. The minimum absolute atomic E-state index is 0.142. The Morgan fingerprint density at radius 3 is 2.87 bits per heavy atom. The van der Waals surface area contributed by atoms with Crippen LogP contribution in [0.1, 0.15) is 58.8 Å². The molecular formula is C19H31NO3. The fourth-order valence-corrected chi connectivity index (χ4v) is 5.43. The van der Waals surface area contributed by atoms with Crippen LogP contribution in [0.4, 0.5) is 0 Å². The molecule has 1 saturated heterocycles. The zero-order chi connectivity index (χ0) is 16.4. The van der Waals surface area contributed by atoms with Crippen molar-refractivity contribution >= 4 is 5.97 Å². The Morgan fingerprint density at radius 1 is 1.43 bits per heavy atom. The van der Waals surface area contributed by atoms with Crippen molar-refractivity contribution in [2.24, 2.45) is 11.8 Å². The largest absolute Gasteiger partial charge is 0.463 e. The van der Waals surface area contributed by atoms with Gasteiger partial charge in [0.1, 0.15) is 0 Å². The van der Waals surface area contributed by atoms with E-state index < -0.39 is 0 Å². The Bertz CT molecular complexity index is 475. The molecule has 2 aliphatic heterocycles. The van der Waals surface area contributed by atoms with Gasteiger partial charge in [-0.2, -0.15) is 0 Å². The van der Waals surface area contributed by atoms with Crippen LogP contribution in [-0.2, 0) is 9.53 Å². The molecule has 3 rings (SSSR count). The summed E-state index contributed by atoms with van der Waals surface area (Å²) in [5.41, 5.74) is 1.03. The normalized spacial score (nSPS) is 35.7. The SMILES string of the molecule is CCOC(=O)C1=CC[C@H]2CCC[C@]3(CCC[C@@H]3[C@@H](C)CO)N2C1. The molecule has 0 aromatic heterocycles. The van der Waals surface area contributed by atoms with Crippen LogP contribution >= 0.6 is 0 Å². The molecule has 1 spiro atoms. The third-order valence-electron chi connectivity index (χ3n) is 6.46. The van der Waals surface area contributed by atoms with E-state index in [9.17, 15) is 9.90 Å². The highest BCUT2D eigenvalue weighted by Crippen LogP contribution is 2.52. The standard InChI is InChI=1S/C19H31NO3/c1-3-23-18(22)15-8-9-16-6-4-10-19(20(16)12-15)11-5-7-17(19)14(2)13-21/h8,14,16-17,21H,3-7,9-13H2,1-2H3/t14-,16+,17+,19+/m0/s1. The summed E-state index contributed by atoms with van der Waals surface area (Å²) in [7, 11) is 0. The van der Waals surface area contributed by atoms with E-state index in [1.807, 2.05) is 6.92 Å². The summed E-state index contributed by atoms with van der Waals surface area (Å²) in [6, 6.07) is 0.563. The van der Waals surface area contributed by atoms with Gasteiger partial charge in [0.05, 0.1) is 6.61 Å². The van der Waals surface area contributed by atoms with Gasteiger partial charge in [0.15, 0.2) is 0 Å². The molecule has 23 heavy (non-hydrogen) atoms. The number of carbonyl (C=O) groups excluding carboxylic acids is 1. The Balaban J connectivity index is 1.85. The van der Waals surface area contributed by atoms with Crippen molar-refractivity contribution in [3.05, 3.63) is 11.6 Å². The molecule has 4 heteroatoms. The predicted octanol–water partition coefficient (Wildman–Crippen LogP) is 2.90. The Labute approximate surface area is 139 Å². The van der Waals surface area contributed by atoms with Gasteiger partial charge in [-0.25, -0.2) is 4.79 Å². The Morgan fingerprint density at radius 2 is 2.17 bits per heavy atom. The highest BCUT2D eigenvalue weighted by molar-refractivity contribution is 5.89. The number of hydrogen-bond donors (Lipinski definition) is 1. The van der Waals surface area contributed by atoms with Gasteiger partial charge < -0.3 is 9.84 Å². The van der Waals surface area contributed by atoms with Crippen molar-refractivity contribution in [1.29, 1.82) is 0 Å². The number of aliphatic hydroxyl groups is 1. The van der Waals surface area contributed by atoms with Gasteiger partial charge in [0.2, 0.25) is 0 Å². The molecule has 4 nitrogen and oxygen atoms in total. The van der Waals surface area contributed by atoms with E-state index in [-0.39, 0.29) is 18.1 Å². The molecule has 1 saturated carbocycles. The van der Waals surface area contributed by atoms with Crippen LogP contribution in [0.3, 0.4) is 0 Å². The number of fused-ring (bicyclic) bond motifs is 2. The van der Waals surface area contributed by atoms with E-state index in [0.29, 0.717) is 24.5 Å². The smallest absolute Gasteiger partial charge is 0.334 e. The van der Waals surface area contributed by atoms with E-state index in [0.717, 1.165) is 18.5 Å². The first-order valence-electron chi connectivity index (χ1n) is 9.36. The maximum atomic E-state index is 12.2. The predicted molar refractivity (Wildman–Crippen MR) is 90.0 cm³/mol. The summed E-state index contributed by atoms with van der Waals surface area (Å²) < 4.78 is 5.23. The second kappa shape index (κ2) is 6.94. The van der Waals surface area contributed by atoms with E-state index in [2.05, 4.69) is 17.9 Å². The first-order valence-corrected chi connectivity index (χ1v) is 9.36. The highest BCUT2D eigenvalue weighted by atomic mass is 16.5. The van der Waals surface area contributed by atoms with Gasteiger partial charge in [-0.15, -0.1) is 0 Å². The number of piperidine rings is 1. The van der Waals surface area contributed by atoms with Crippen molar-refractivity contribution in [3.63, 3.8) is 0 Å². The summed E-state index contributed by atoms with van der Waals surface area (Å²) in [5, 5.41) is 9.71. The van der Waals surface area contributed by atoms with Crippen LogP contribution in [0.15, 0.2) is 11.6 Å². The maximum Gasteiger partial charge on any atom is 0.334 e. The molecular weight excluding hydrogens is 290 g/mol. The summed E-state index contributed by atoms with van der Waals surface area (Å²) in [4.78, 5) is 14.8. The average Bonchev–Trinajstić information content (AvgIpc) is 2.98. The third-order valence-corrected chi connectivity index (χ3v) is 6.46. The van der Waals surface area contributed by atoms with E-state index in [4.69, 9.17) is 4.74 Å². The molecule has 0 unspecified atom stereocenters. The van der Waals surface area contributed by atoms with Gasteiger partial charge in [0, 0.05) is 30.3 Å². The second-order valence-electron chi connectivity index (χ2n) is 7.62. The first-order chi connectivity index (χ1) is 11.1. The van der Waals surface area contributed by atoms with Crippen molar-refractivity contribution in [1.82, 2.24) is 4.90 Å². The van der Waals surface area contributed by atoms with E-state index in [1.165, 1.54) is 38.5 Å². The van der Waals surface area contributed by atoms with Gasteiger partial charge >= 0.3 is 5.97 Å². The summed E-state index contributed by atoms with van der Waals surface area (Å²) in [6.07, 6.45) is 10.5. The monoisotopic (exact) mass is 321 g/mol. The molecule has 2 fully saturated rings. The van der Waals surface area contributed by atoms with Crippen molar-refractivity contribution < 1.29 is 14.6 Å². The summed E-state index contributed by atoms with van der Waals surface area (Å²) in [5.74, 6) is 0.751. The number of ether oxygens (including phenoxy) is 1. The van der Waals surface area contributed by atoms with E-state index in [1.54, 1.807) is 0 Å². The number of carbonyl (C=O) groups is 1. The summed E-state index contributed by atoms with van der Waals surface area (Å²) in [6.45, 7) is 5.49. The van der Waals surface area contributed by atoms with Crippen LogP contribution in [-0.4, -0.2) is 47.3 Å². The lowest BCUT2D eigenvalue weighted by Crippen LogP contribution is -2.61. The molecule has 2 heterocycles. The number of esters is 1. The molecule has 130 valence electrons. The lowest BCUT2D eigenvalue weighted by atomic mass is 9.70. The zero-order valence-corrected chi connectivity index (χ0v) is 14.6. The molecule has 0 radical (unpaired) electrons. The molecule has 0 bridgehead atoms. The van der Waals surface area contributed by atoms with Crippen LogP contribution < -0.4 is 0 Å². The molecule has 0 aromatic rings. The van der Waals surface area contributed by atoms with Crippen molar-refractivity contribution in [3.8, 4) is 0 Å². The van der Waals surface area contributed by atoms with E-state index >= 15 is 0 Å². The van der Waals surface area contributed by atoms with Gasteiger partial charge in [-0.05, 0) is 50.9 Å². The van der Waals surface area contributed by atoms with Gasteiger partial charge in [-0.3, -0.25) is 4.90 Å². The second-order valence-corrected chi connectivity index (χ2v) is 7.62. The average molecular weight is 321 g/mol. The van der Waals surface area contributed by atoms with Crippen LogP contribution in [0, 0.1) is 11.8 Å². The minimum Gasteiger partial charge on any atom is -0.463 e. The molecule has 3 aliphatic rings. The van der Waals surface area contributed by atoms with Crippen LogP contribution in [0.2, 0.25) is 0 Å². The zero-order valence-electron chi connectivity index (χ0n) is 14.6. The Hall–Kier alpha value is -0.870. The van der Waals surface area contributed by atoms with Crippen molar-refractivity contribution in [2.75, 3.05) is 19.8 Å². The number of rotatable bonds is 4. The third kappa shape index (κ3) is 2.96. The van der Waals surface area contributed by atoms with Crippen LogP contribution in [0.5, 0.6) is 0 Å². The Kier molecular flexibility index (Phi) is 5.12. The van der Waals surface area contributed by atoms with Crippen molar-refractivity contribution in [2.45, 2.75) is 70.4 Å². The first kappa shape index (κ1) is 17.0. The minimum atomic E-state index is -0.142. The molecule has 1 aliphatic carbocycles. The molecule has 4 atom stereocenters. The fourth-order valence-electron chi connectivity index (χ4n) is 5.43. The maximum absolute atomic E-state index is 12.2. The fraction of sp³-hybridized carbons (Fsp3) is 0.842. The van der Waals surface area contributed by atoms with Gasteiger partial charge in [-0.1, -0.05) is 25.8 Å². The number of aliphatic hydroxyl groups excluding tert-OH is 1. The number of hydrogen-bond acceptors (Lipinski definition) is 4.